The standard InChI is InChI=1S/C13H18ClF3N2O2/c1-12(2,6-21)19-10(5-20)7-3-8(13(15,16)17)11(18)9(14)4-7/h3-4,10,19-21H,5-6,18H2,1-2H3. The minimum atomic E-state index is -4.64. The maximum atomic E-state index is 12.9. The molecule has 0 aliphatic heterocycles. The third-order valence-electron chi connectivity index (χ3n) is 3.00. The van der Waals surface area contributed by atoms with Gasteiger partial charge in [-0.25, -0.2) is 0 Å². The van der Waals surface area contributed by atoms with E-state index in [1.807, 2.05) is 0 Å². The maximum absolute atomic E-state index is 12.9. The first kappa shape index (κ1) is 18.0. The fraction of sp³-hybridized carbons (Fsp3) is 0.538. The average Bonchev–Trinajstić information content (AvgIpc) is 2.37. The summed E-state index contributed by atoms with van der Waals surface area (Å²) in [5, 5.41) is 21.2. The van der Waals surface area contributed by atoms with Crippen molar-refractivity contribution in [1.82, 2.24) is 5.32 Å². The highest BCUT2D eigenvalue weighted by Gasteiger charge is 2.35. The molecule has 0 bridgehead atoms. The molecule has 0 amide bonds. The molecule has 1 unspecified atom stereocenters. The zero-order chi connectivity index (χ0) is 16.4. The van der Waals surface area contributed by atoms with Crippen molar-refractivity contribution >= 4 is 17.3 Å². The predicted octanol–water partition coefficient (Wildman–Crippen LogP) is 2.33. The smallest absolute Gasteiger partial charge is 0.397 e. The summed E-state index contributed by atoms with van der Waals surface area (Å²) in [6, 6.07) is 1.31. The number of nitrogens with two attached hydrogens (primary N) is 1. The van der Waals surface area contributed by atoms with Crippen molar-refractivity contribution in [1.29, 1.82) is 0 Å². The molecule has 1 aromatic carbocycles. The summed E-state index contributed by atoms with van der Waals surface area (Å²) in [6.45, 7) is 2.60. The van der Waals surface area contributed by atoms with Crippen molar-refractivity contribution in [2.45, 2.75) is 31.6 Å². The zero-order valence-electron chi connectivity index (χ0n) is 11.6. The summed E-state index contributed by atoms with van der Waals surface area (Å²) in [5.74, 6) is 0. The number of alkyl halides is 3. The number of aliphatic hydroxyl groups is 2. The predicted molar refractivity (Wildman–Crippen MR) is 75.0 cm³/mol. The molecule has 0 spiro atoms. The first-order valence-electron chi connectivity index (χ1n) is 6.17. The van der Waals surface area contributed by atoms with Crippen molar-refractivity contribution in [2.24, 2.45) is 0 Å². The molecule has 0 radical (unpaired) electrons. The number of nitrogens with one attached hydrogen (secondary N) is 1. The van der Waals surface area contributed by atoms with Gasteiger partial charge in [-0.2, -0.15) is 13.2 Å². The van der Waals surface area contributed by atoms with Crippen LogP contribution in [0.3, 0.4) is 0 Å². The van der Waals surface area contributed by atoms with Crippen molar-refractivity contribution in [3.63, 3.8) is 0 Å². The fourth-order valence-electron chi connectivity index (χ4n) is 1.83. The number of rotatable bonds is 5. The molecule has 8 heteroatoms. The highest BCUT2D eigenvalue weighted by Crippen LogP contribution is 2.39. The number of benzene rings is 1. The topological polar surface area (TPSA) is 78.5 Å². The Morgan fingerprint density at radius 3 is 2.29 bits per heavy atom. The Morgan fingerprint density at radius 2 is 1.86 bits per heavy atom. The first-order chi connectivity index (χ1) is 9.51. The summed E-state index contributed by atoms with van der Waals surface area (Å²) < 4.78 is 38.8. The number of hydrogen-bond donors (Lipinski definition) is 4. The first-order valence-corrected chi connectivity index (χ1v) is 6.55. The van der Waals surface area contributed by atoms with Crippen LogP contribution < -0.4 is 11.1 Å². The van der Waals surface area contributed by atoms with E-state index in [1.54, 1.807) is 13.8 Å². The summed E-state index contributed by atoms with van der Waals surface area (Å²) in [4.78, 5) is 0. The molecule has 0 heterocycles. The van der Waals surface area contributed by atoms with Gasteiger partial charge in [0.15, 0.2) is 0 Å². The van der Waals surface area contributed by atoms with Gasteiger partial charge >= 0.3 is 6.18 Å². The van der Waals surface area contributed by atoms with Crippen LogP contribution in [0.4, 0.5) is 18.9 Å². The van der Waals surface area contributed by atoms with E-state index in [1.165, 1.54) is 6.07 Å². The van der Waals surface area contributed by atoms with Crippen molar-refractivity contribution in [2.75, 3.05) is 18.9 Å². The molecule has 120 valence electrons. The molecular formula is C13H18ClF3N2O2. The molecule has 0 aromatic heterocycles. The van der Waals surface area contributed by atoms with Crippen LogP contribution in [-0.4, -0.2) is 29.0 Å². The molecule has 0 fully saturated rings. The Kier molecular flexibility index (Phi) is 5.49. The molecule has 1 rings (SSSR count). The van der Waals surface area contributed by atoms with Crippen LogP contribution in [0.5, 0.6) is 0 Å². The van der Waals surface area contributed by atoms with Crippen LogP contribution in [0.1, 0.15) is 31.0 Å². The second-order valence-electron chi connectivity index (χ2n) is 5.38. The number of halogens is 4. The van der Waals surface area contributed by atoms with E-state index in [0.29, 0.717) is 0 Å². The van der Waals surface area contributed by atoms with Crippen LogP contribution in [0.2, 0.25) is 5.02 Å². The number of anilines is 1. The molecule has 1 atom stereocenters. The van der Waals surface area contributed by atoms with Gasteiger partial charge in [-0.15, -0.1) is 0 Å². The van der Waals surface area contributed by atoms with E-state index >= 15 is 0 Å². The Labute approximate surface area is 125 Å². The number of hydrogen-bond acceptors (Lipinski definition) is 4. The summed E-state index contributed by atoms with van der Waals surface area (Å²) in [5.41, 5.74) is 3.12. The maximum Gasteiger partial charge on any atom is 0.418 e. The van der Waals surface area contributed by atoms with Gasteiger partial charge in [0, 0.05) is 5.54 Å². The van der Waals surface area contributed by atoms with E-state index in [9.17, 15) is 23.4 Å². The van der Waals surface area contributed by atoms with Crippen molar-refractivity contribution in [3.05, 3.63) is 28.3 Å². The van der Waals surface area contributed by atoms with E-state index in [-0.39, 0.29) is 17.2 Å². The molecular weight excluding hydrogens is 309 g/mol. The Balaban J connectivity index is 3.26. The van der Waals surface area contributed by atoms with Gasteiger partial charge in [0.2, 0.25) is 0 Å². The van der Waals surface area contributed by atoms with Gasteiger partial charge in [0.25, 0.3) is 0 Å². The van der Waals surface area contributed by atoms with Crippen LogP contribution in [-0.2, 0) is 6.18 Å². The lowest BCUT2D eigenvalue weighted by Crippen LogP contribution is -2.45. The normalized spacial score (nSPS) is 14.3. The minimum absolute atomic E-state index is 0.144. The van der Waals surface area contributed by atoms with E-state index in [2.05, 4.69) is 5.32 Å². The molecule has 0 aliphatic rings. The summed E-state index contributed by atoms with van der Waals surface area (Å²) in [6.07, 6.45) is -4.64. The van der Waals surface area contributed by atoms with Gasteiger partial charge in [-0.3, -0.25) is 0 Å². The van der Waals surface area contributed by atoms with Crippen LogP contribution in [0, 0.1) is 0 Å². The second-order valence-corrected chi connectivity index (χ2v) is 5.79. The number of nitrogen functional groups attached to an aromatic ring is 1. The monoisotopic (exact) mass is 326 g/mol. The highest BCUT2D eigenvalue weighted by atomic mass is 35.5. The Bertz CT molecular complexity index is 507. The largest absolute Gasteiger partial charge is 0.418 e. The molecule has 0 saturated heterocycles. The van der Waals surface area contributed by atoms with Crippen molar-refractivity contribution in [3.8, 4) is 0 Å². The Morgan fingerprint density at radius 1 is 1.29 bits per heavy atom. The lowest BCUT2D eigenvalue weighted by Gasteiger charge is -2.30. The van der Waals surface area contributed by atoms with Gasteiger partial charge in [0.1, 0.15) is 0 Å². The van der Waals surface area contributed by atoms with Gasteiger partial charge < -0.3 is 21.3 Å². The third-order valence-corrected chi connectivity index (χ3v) is 3.32. The lowest BCUT2D eigenvalue weighted by molar-refractivity contribution is -0.137. The van der Waals surface area contributed by atoms with E-state index in [4.69, 9.17) is 17.3 Å². The quantitative estimate of drug-likeness (QED) is 0.626. The van der Waals surface area contributed by atoms with Crippen molar-refractivity contribution < 1.29 is 23.4 Å². The summed E-state index contributed by atoms with van der Waals surface area (Å²) >= 11 is 5.75. The summed E-state index contributed by atoms with van der Waals surface area (Å²) in [7, 11) is 0. The second kappa shape index (κ2) is 6.39. The zero-order valence-corrected chi connectivity index (χ0v) is 12.4. The fourth-order valence-corrected chi connectivity index (χ4v) is 2.05. The molecule has 0 saturated carbocycles. The molecule has 21 heavy (non-hydrogen) atoms. The van der Waals surface area contributed by atoms with Gasteiger partial charge in [0.05, 0.1) is 35.5 Å². The molecule has 1 aromatic rings. The minimum Gasteiger partial charge on any atom is -0.397 e. The van der Waals surface area contributed by atoms with Gasteiger partial charge in [-0.05, 0) is 31.5 Å². The van der Waals surface area contributed by atoms with Crippen LogP contribution in [0.15, 0.2) is 12.1 Å². The highest BCUT2D eigenvalue weighted by molar-refractivity contribution is 6.33. The average molecular weight is 327 g/mol. The van der Waals surface area contributed by atoms with E-state index in [0.717, 1.165) is 6.07 Å². The van der Waals surface area contributed by atoms with Crippen LogP contribution in [0.25, 0.3) is 0 Å². The molecule has 5 N–H and O–H groups in total. The SMILES string of the molecule is CC(C)(CO)NC(CO)c1cc(Cl)c(N)c(C(F)(F)F)c1. The lowest BCUT2D eigenvalue weighted by atomic mass is 9.98. The third kappa shape index (κ3) is 4.47. The van der Waals surface area contributed by atoms with Crippen LogP contribution >= 0.6 is 11.6 Å². The van der Waals surface area contributed by atoms with Gasteiger partial charge in [-0.1, -0.05) is 11.6 Å². The molecule has 0 aliphatic carbocycles. The number of aliphatic hydroxyl groups excluding tert-OH is 2. The Hall–Kier alpha value is -1.02. The molecule has 4 nitrogen and oxygen atoms in total. The van der Waals surface area contributed by atoms with E-state index < -0.39 is 35.6 Å².